The molecule has 2 N–H and O–H groups in total. The number of fused-ring (bicyclic) bond motifs is 1. The van der Waals surface area contributed by atoms with Gasteiger partial charge in [-0.25, -0.2) is 9.37 Å². The Balaban J connectivity index is 1.53. The molecule has 0 aliphatic carbocycles. The largest absolute Gasteiger partial charge is 0.506 e. The summed E-state index contributed by atoms with van der Waals surface area (Å²) in [5, 5.41) is 14.2. The number of allylic oxidation sites excluding steroid dienone is 1. The number of nitrogens with one attached hydrogen (secondary N) is 1. The van der Waals surface area contributed by atoms with Crippen LogP contribution >= 0.6 is 0 Å². The number of ether oxygens (including phenoxy) is 2. The molecular weight excluding hydrogens is 556 g/mol. The maximum atomic E-state index is 16.2. The second-order valence-corrected chi connectivity index (χ2v) is 11.5. The molecule has 0 radical (unpaired) electrons. The van der Waals surface area contributed by atoms with Crippen LogP contribution in [0.3, 0.4) is 0 Å². The van der Waals surface area contributed by atoms with E-state index in [2.05, 4.69) is 10.3 Å². The molecule has 2 aliphatic heterocycles. The summed E-state index contributed by atoms with van der Waals surface area (Å²) in [6, 6.07) is 15.3. The minimum atomic E-state index is -1.26. The highest BCUT2D eigenvalue weighted by atomic mass is 19.2. The molecule has 4 aromatic rings. The average Bonchev–Trinajstić information content (AvgIpc) is 3.24. The van der Waals surface area contributed by atoms with E-state index in [0.29, 0.717) is 12.1 Å². The van der Waals surface area contributed by atoms with Crippen molar-refractivity contribution in [2.24, 2.45) is 5.41 Å². The predicted molar refractivity (Wildman–Crippen MR) is 156 cm³/mol. The second kappa shape index (κ2) is 10.8. The van der Waals surface area contributed by atoms with Gasteiger partial charge >= 0.3 is 0 Å². The van der Waals surface area contributed by atoms with E-state index in [1.807, 2.05) is 44.2 Å². The van der Waals surface area contributed by atoms with E-state index in [4.69, 9.17) is 13.9 Å². The summed E-state index contributed by atoms with van der Waals surface area (Å²) in [7, 11) is 0. The molecule has 8 nitrogen and oxygen atoms in total. The summed E-state index contributed by atoms with van der Waals surface area (Å²) in [4.78, 5) is 19.9. The van der Waals surface area contributed by atoms with Crippen LogP contribution in [0.1, 0.15) is 59.6 Å². The number of benzene rings is 3. The lowest BCUT2D eigenvalue weighted by Gasteiger charge is -2.37. The van der Waals surface area contributed by atoms with Gasteiger partial charge in [-0.05, 0) is 43.2 Å². The summed E-state index contributed by atoms with van der Waals surface area (Å²) >= 11 is 0. The number of anilines is 2. The Hall–Kier alpha value is -4.86. The average molecular weight is 588 g/mol. The van der Waals surface area contributed by atoms with Crippen molar-refractivity contribution in [2.45, 2.75) is 46.8 Å². The Morgan fingerprint density at radius 2 is 1.86 bits per heavy atom. The number of aromatic hydroxyl groups is 1. The molecule has 3 heterocycles. The lowest BCUT2D eigenvalue weighted by molar-refractivity contribution is 0.0755. The van der Waals surface area contributed by atoms with Crippen molar-refractivity contribution in [1.82, 2.24) is 4.98 Å². The Kier molecular flexibility index (Phi) is 7.07. The highest BCUT2D eigenvalue weighted by molar-refractivity contribution is 6.09. The van der Waals surface area contributed by atoms with Crippen LogP contribution in [0.15, 0.2) is 76.5 Å². The molecule has 1 atom stereocenters. The Morgan fingerprint density at radius 3 is 2.58 bits per heavy atom. The fourth-order valence-corrected chi connectivity index (χ4v) is 5.54. The number of oxazole rings is 1. The quantitative estimate of drug-likeness (QED) is 0.236. The Bertz CT molecular complexity index is 1750. The number of hydrogen-bond donors (Lipinski definition) is 2. The third-order valence-electron chi connectivity index (χ3n) is 7.57. The first-order valence-electron chi connectivity index (χ1n) is 13.9. The maximum absolute atomic E-state index is 16.2. The number of para-hydroxylation sites is 1. The van der Waals surface area contributed by atoms with Gasteiger partial charge in [0.2, 0.25) is 5.82 Å². The molecule has 0 fully saturated rings. The van der Waals surface area contributed by atoms with Gasteiger partial charge in [0.05, 0.1) is 18.0 Å². The van der Waals surface area contributed by atoms with Crippen molar-refractivity contribution in [3.05, 3.63) is 112 Å². The first-order chi connectivity index (χ1) is 20.5. The van der Waals surface area contributed by atoms with Gasteiger partial charge < -0.3 is 24.3 Å². The number of aromatic nitrogens is 1. The normalized spacial score (nSPS) is 17.3. The van der Waals surface area contributed by atoms with Crippen molar-refractivity contribution < 1.29 is 32.6 Å². The third-order valence-corrected chi connectivity index (χ3v) is 7.57. The number of hydrogen-bond acceptors (Lipinski definition) is 7. The monoisotopic (exact) mass is 587 g/mol. The van der Waals surface area contributed by atoms with E-state index >= 15 is 8.78 Å². The molecule has 0 saturated carbocycles. The summed E-state index contributed by atoms with van der Waals surface area (Å²) in [5.74, 6) is -2.65. The molecule has 43 heavy (non-hydrogen) atoms. The van der Waals surface area contributed by atoms with Crippen LogP contribution in [0, 0.1) is 30.9 Å². The van der Waals surface area contributed by atoms with E-state index in [9.17, 15) is 9.90 Å². The molecule has 1 amide bonds. The van der Waals surface area contributed by atoms with Crippen LogP contribution < -0.4 is 15.0 Å². The number of halogens is 2. The number of rotatable bonds is 5. The van der Waals surface area contributed by atoms with Crippen LogP contribution in [-0.2, 0) is 11.3 Å². The molecule has 0 unspecified atom stereocenters. The molecule has 0 spiro atoms. The van der Waals surface area contributed by atoms with Gasteiger partial charge in [0.15, 0.2) is 23.2 Å². The number of phenolic OH excluding ortho intramolecular Hbond substituents is 1. The highest BCUT2D eigenvalue weighted by Crippen LogP contribution is 2.50. The zero-order chi connectivity index (χ0) is 30.5. The Morgan fingerprint density at radius 1 is 1.09 bits per heavy atom. The summed E-state index contributed by atoms with van der Waals surface area (Å²) in [5.41, 5.74) is 1.32. The number of nitrogens with zero attached hydrogens (tertiary/aromatic N) is 2. The van der Waals surface area contributed by atoms with Crippen LogP contribution in [0.5, 0.6) is 11.5 Å². The van der Waals surface area contributed by atoms with E-state index in [0.717, 1.165) is 5.56 Å². The van der Waals surface area contributed by atoms with Gasteiger partial charge in [-0.1, -0.05) is 50.2 Å². The zero-order valence-corrected chi connectivity index (χ0v) is 24.2. The number of carbonyl (C=O) groups excluding carboxylic acids is 1. The van der Waals surface area contributed by atoms with Gasteiger partial charge in [-0.3, -0.25) is 9.69 Å². The van der Waals surface area contributed by atoms with Crippen LogP contribution in [0.25, 0.3) is 0 Å². The minimum absolute atomic E-state index is 0.000627. The third kappa shape index (κ3) is 5.17. The summed E-state index contributed by atoms with van der Waals surface area (Å²) in [6.07, 6.45) is 0.457. The van der Waals surface area contributed by atoms with Crippen LogP contribution in [0.2, 0.25) is 0 Å². The topological polar surface area (TPSA) is 97.1 Å². The number of phenols is 1. The lowest BCUT2D eigenvalue weighted by atomic mass is 9.85. The van der Waals surface area contributed by atoms with Gasteiger partial charge in [0.25, 0.3) is 5.91 Å². The maximum Gasteiger partial charge on any atom is 0.281 e. The molecule has 3 aromatic carbocycles. The van der Waals surface area contributed by atoms with Gasteiger partial charge in [0, 0.05) is 17.9 Å². The molecular formula is C33H31F2N3O5. The smallest absolute Gasteiger partial charge is 0.281 e. The molecule has 222 valence electrons. The van der Waals surface area contributed by atoms with Crippen molar-refractivity contribution in [3.8, 4) is 11.5 Å². The summed E-state index contributed by atoms with van der Waals surface area (Å²) < 4.78 is 49.4. The number of aryl methyl sites for hydroxylation is 2. The van der Waals surface area contributed by atoms with Gasteiger partial charge in [0.1, 0.15) is 35.6 Å². The highest BCUT2D eigenvalue weighted by Gasteiger charge is 2.44. The summed E-state index contributed by atoms with van der Waals surface area (Å²) in [6.45, 7) is 7.53. The first kappa shape index (κ1) is 28.3. The van der Waals surface area contributed by atoms with E-state index < -0.39 is 23.6 Å². The predicted octanol–water partition coefficient (Wildman–Crippen LogP) is 7.33. The molecule has 6 rings (SSSR count). The number of carbonyl (C=O) groups is 1. The lowest BCUT2D eigenvalue weighted by Crippen LogP contribution is -2.39. The van der Waals surface area contributed by atoms with Crippen LogP contribution in [0.4, 0.5) is 20.2 Å². The first-order valence-corrected chi connectivity index (χ1v) is 13.9. The van der Waals surface area contributed by atoms with Crippen molar-refractivity contribution in [3.63, 3.8) is 0 Å². The molecule has 1 aromatic heterocycles. The molecule has 0 bridgehead atoms. The molecule has 0 saturated heterocycles. The molecule has 10 heteroatoms. The Labute approximate surface area is 247 Å². The van der Waals surface area contributed by atoms with Crippen LogP contribution in [-0.4, -0.2) is 22.6 Å². The van der Waals surface area contributed by atoms with E-state index in [1.54, 1.807) is 26.0 Å². The van der Waals surface area contributed by atoms with Crippen molar-refractivity contribution in [1.29, 1.82) is 0 Å². The van der Waals surface area contributed by atoms with Gasteiger partial charge in [-0.2, -0.15) is 4.39 Å². The zero-order valence-electron chi connectivity index (χ0n) is 24.2. The minimum Gasteiger partial charge on any atom is -0.506 e. The molecule has 2 aliphatic rings. The fourth-order valence-electron chi connectivity index (χ4n) is 5.54. The SMILES string of the molecule is Cc1nc(C(=O)N2c3cccc(O)c3NC3=C(OCC(C)(C)C3)[C@@H]2c2ccc(OCc3ccccc3)c(F)c2F)c(C)o1. The van der Waals surface area contributed by atoms with E-state index in [1.165, 1.54) is 23.1 Å². The second-order valence-electron chi connectivity index (χ2n) is 11.5. The fraction of sp³-hybridized carbons (Fsp3) is 0.273. The van der Waals surface area contributed by atoms with Crippen molar-refractivity contribution in [2.75, 3.05) is 16.8 Å². The standard InChI is InChI=1S/C33H31F2N3O5/c1-18-28(36-19(2)43-18)32(40)38-23-11-8-12-24(39)29(23)37-22-15-33(3,4)17-42-31(22)30(38)21-13-14-25(27(35)26(21)34)41-16-20-9-6-5-7-10-20/h5-14,30,37,39H,15-17H2,1-4H3/t30-/m0/s1. The van der Waals surface area contributed by atoms with E-state index in [-0.39, 0.29) is 70.2 Å². The number of amides is 1. The van der Waals surface area contributed by atoms with Crippen molar-refractivity contribution >= 4 is 17.3 Å². The van der Waals surface area contributed by atoms with Gasteiger partial charge in [-0.15, -0.1) is 0 Å².